The maximum absolute atomic E-state index is 12.1. The minimum Gasteiger partial charge on any atom is -0.497 e. The van der Waals surface area contributed by atoms with Crippen LogP contribution in [0.3, 0.4) is 0 Å². The van der Waals surface area contributed by atoms with Crippen molar-refractivity contribution in [2.24, 2.45) is 0 Å². The number of anilines is 1. The van der Waals surface area contributed by atoms with Crippen LogP contribution in [0.5, 0.6) is 5.75 Å². The zero-order valence-electron chi connectivity index (χ0n) is 16.7. The lowest BCUT2D eigenvalue weighted by Crippen LogP contribution is -2.39. The van der Waals surface area contributed by atoms with Crippen molar-refractivity contribution in [1.82, 2.24) is 10.6 Å². The molecule has 0 saturated carbocycles. The largest absolute Gasteiger partial charge is 0.497 e. The number of methoxy groups -OCH3 is 1. The first-order valence-electron chi connectivity index (χ1n) is 9.11. The van der Waals surface area contributed by atoms with Crippen LogP contribution in [0.4, 0.5) is 10.5 Å². The summed E-state index contributed by atoms with van der Waals surface area (Å²) in [7, 11) is 1.53. The van der Waals surface area contributed by atoms with Crippen molar-refractivity contribution in [2.45, 2.75) is 26.4 Å². The Morgan fingerprint density at radius 3 is 2.41 bits per heavy atom. The lowest BCUT2D eigenvalue weighted by molar-refractivity contribution is -0.119. The van der Waals surface area contributed by atoms with Gasteiger partial charge in [-0.1, -0.05) is 18.2 Å². The number of urea groups is 1. The molecule has 29 heavy (non-hydrogen) atoms. The average molecular weight is 399 g/mol. The third-order valence-electron chi connectivity index (χ3n) is 3.75. The molecule has 3 amide bonds. The van der Waals surface area contributed by atoms with E-state index in [2.05, 4.69) is 16.0 Å². The van der Waals surface area contributed by atoms with Gasteiger partial charge in [0.05, 0.1) is 12.7 Å². The number of rotatable bonds is 8. The Balaban J connectivity index is 1.79. The molecule has 0 spiro atoms. The fraction of sp³-hybridized carbons (Fsp3) is 0.286. The van der Waals surface area contributed by atoms with Crippen molar-refractivity contribution in [3.8, 4) is 5.75 Å². The Bertz CT molecular complexity index is 850. The molecule has 0 radical (unpaired) electrons. The predicted octanol–water partition coefficient (Wildman–Crippen LogP) is 2.70. The van der Waals surface area contributed by atoms with Crippen LogP contribution in [-0.4, -0.2) is 37.7 Å². The molecule has 2 aromatic carbocycles. The van der Waals surface area contributed by atoms with Gasteiger partial charge in [-0.3, -0.25) is 4.79 Å². The van der Waals surface area contributed by atoms with Crippen LogP contribution in [0.2, 0.25) is 0 Å². The molecule has 0 bridgehead atoms. The zero-order chi connectivity index (χ0) is 21.2. The van der Waals surface area contributed by atoms with E-state index in [9.17, 15) is 14.4 Å². The van der Waals surface area contributed by atoms with Crippen molar-refractivity contribution in [1.29, 1.82) is 0 Å². The van der Waals surface area contributed by atoms with Crippen LogP contribution in [0.15, 0.2) is 48.5 Å². The Labute approximate surface area is 169 Å². The minimum atomic E-state index is -0.608. The first-order valence-corrected chi connectivity index (χ1v) is 9.11. The second-order valence-corrected chi connectivity index (χ2v) is 6.53. The number of amides is 3. The van der Waals surface area contributed by atoms with Gasteiger partial charge in [0.2, 0.25) is 0 Å². The minimum absolute atomic E-state index is 0.0493. The quantitative estimate of drug-likeness (QED) is 0.592. The van der Waals surface area contributed by atoms with Gasteiger partial charge in [-0.2, -0.15) is 0 Å². The zero-order valence-corrected chi connectivity index (χ0v) is 16.7. The molecular weight excluding hydrogens is 374 g/mol. The summed E-state index contributed by atoms with van der Waals surface area (Å²) in [6.07, 6.45) is 0. The fourth-order valence-corrected chi connectivity index (χ4v) is 2.37. The number of hydrogen-bond acceptors (Lipinski definition) is 5. The Hall–Kier alpha value is -3.55. The summed E-state index contributed by atoms with van der Waals surface area (Å²) in [6, 6.07) is 13.2. The molecule has 0 unspecified atom stereocenters. The van der Waals surface area contributed by atoms with Crippen LogP contribution >= 0.6 is 0 Å². The second-order valence-electron chi connectivity index (χ2n) is 6.53. The summed E-state index contributed by atoms with van der Waals surface area (Å²) in [4.78, 5) is 35.6. The first-order chi connectivity index (χ1) is 13.9. The van der Waals surface area contributed by atoms with Crippen molar-refractivity contribution in [2.75, 3.05) is 19.0 Å². The predicted molar refractivity (Wildman–Crippen MR) is 109 cm³/mol. The third-order valence-corrected chi connectivity index (χ3v) is 3.75. The Morgan fingerprint density at radius 2 is 1.76 bits per heavy atom. The molecule has 0 aliphatic heterocycles. The molecule has 8 heteroatoms. The van der Waals surface area contributed by atoms with E-state index in [0.717, 1.165) is 5.56 Å². The topological polar surface area (TPSA) is 106 Å². The van der Waals surface area contributed by atoms with Gasteiger partial charge in [0.15, 0.2) is 6.61 Å². The van der Waals surface area contributed by atoms with E-state index in [-0.39, 0.29) is 12.1 Å². The molecule has 0 heterocycles. The lowest BCUT2D eigenvalue weighted by Gasteiger charge is -2.10. The van der Waals surface area contributed by atoms with E-state index in [1.165, 1.54) is 7.11 Å². The molecule has 2 rings (SSSR count). The number of hydrogen-bond donors (Lipinski definition) is 3. The number of ether oxygens (including phenoxy) is 2. The van der Waals surface area contributed by atoms with E-state index < -0.39 is 18.5 Å². The maximum atomic E-state index is 12.1. The number of nitrogens with one attached hydrogen (secondary N) is 3. The number of carbonyl (C=O) groups is 3. The summed E-state index contributed by atoms with van der Waals surface area (Å²) in [5.41, 5.74) is 1.69. The molecule has 8 nitrogen and oxygen atoms in total. The van der Waals surface area contributed by atoms with Gasteiger partial charge in [-0.05, 0) is 43.7 Å². The first kappa shape index (κ1) is 21.7. The van der Waals surface area contributed by atoms with Gasteiger partial charge in [-0.15, -0.1) is 0 Å². The fourth-order valence-electron chi connectivity index (χ4n) is 2.37. The standard InChI is InChI=1S/C21H25N3O5/c1-14(2)23-21(27)22-12-15-7-9-16(10-8-15)20(26)29-13-19(25)24-17-5-4-6-18(11-17)28-3/h4-11,14H,12-13H2,1-3H3,(H,24,25)(H2,22,23,27). The highest BCUT2D eigenvalue weighted by atomic mass is 16.5. The number of carbonyl (C=O) groups excluding carboxylic acids is 3. The molecule has 0 atom stereocenters. The highest BCUT2D eigenvalue weighted by Crippen LogP contribution is 2.16. The van der Waals surface area contributed by atoms with Crippen LogP contribution in [0, 0.1) is 0 Å². The van der Waals surface area contributed by atoms with Crippen LogP contribution < -0.4 is 20.7 Å². The maximum Gasteiger partial charge on any atom is 0.338 e. The van der Waals surface area contributed by atoms with Crippen molar-refractivity contribution in [3.05, 3.63) is 59.7 Å². The summed E-state index contributed by atoms with van der Waals surface area (Å²) in [5.74, 6) is -0.456. The number of esters is 1. The van der Waals surface area contributed by atoms with E-state index in [1.54, 1.807) is 48.5 Å². The summed E-state index contributed by atoms with van der Waals surface area (Å²) in [5, 5.41) is 8.08. The van der Waals surface area contributed by atoms with Crippen LogP contribution in [0.25, 0.3) is 0 Å². The molecule has 0 aromatic heterocycles. The van der Waals surface area contributed by atoms with Gasteiger partial charge in [0.25, 0.3) is 5.91 Å². The van der Waals surface area contributed by atoms with Gasteiger partial charge >= 0.3 is 12.0 Å². The summed E-state index contributed by atoms with van der Waals surface area (Å²) in [6.45, 7) is 3.67. The normalized spacial score (nSPS) is 10.2. The molecule has 0 saturated heterocycles. The Morgan fingerprint density at radius 1 is 1.03 bits per heavy atom. The molecule has 0 aliphatic rings. The van der Waals surface area contributed by atoms with Crippen molar-refractivity contribution < 1.29 is 23.9 Å². The van der Waals surface area contributed by atoms with Gasteiger partial charge in [-0.25, -0.2) is 9.59 Å². The molecule has 3 N–H and O–H groups in total. The monoisotopic (exact) mass is 399 g/mol. The molecule has 2 aromatic rings. The smallest absolute Gasteiger partial charge is 0.338 e. The molecule has 0 fully saturated rings. The SMILES string of the molecule is COc1cccc(NC(=O)COC(=O)c2ccc(CNC(=O)NC(C)C)cc2)c1. The van der Waals surface area contributed by atoms with Gasteiger partial charge in [0, 0.05) is 24.3 Å². The van der Waals surface area contributed by atoms with Crippen molar-refractivity contribution in [3.63, 3.8) is 0 Å². The highest BCUT2D eigenvalue weighted by Gasteiger charge is 2.11. The molecular formula is C21H25N3O5. The van der Waals surface area contributed by atoms with Crippen LogP contribution in [0.1, 0.15) is 29.8 Å². The second kappa shape index (κ2) is 10.7. The van der Waals surface area contributed by atoms with E-state index in [4.69, 9.17) is 9.47 Å². The summed E-state index contributed by atoms with van der Waals surface area (Å²) < 4.78 is 10.1. The highest BCUT2D eigenvalue weighted by molar-refractivity contribution is 5.95. The van der Waals surface area contributed by atoms with E-state index in [0.29, 0.717) is 23.5 Å². The van der Waals surface area contributed by atoms with E-state index >= 15 is 0 Å². The van der Waals surface area contributed by atoms with Crippen molar-refractivity contribution >= 4 is 23.6 Å². The lowest BCUT2D eigenvalue weighted by atomic mass is 10.1. The molecule has 154 valence electrons. The third kappa shape index (κ3) is 7.53. The summed E-state index contributed by atoms with van der Waals surface area (Å²) >= 11 is 0. The van der Waals surface area contributed by atoms with Gasteiger partial charge in [0.1, 0.15) is 5.75 Å². The number of benzene rings is 2. The van der Waals surface area contributed by atoms with E-state index in [1.807, 2.05) is 13.8 Å². The Kier molecular flexibility index (Phi) is 8.02. The van der Waals surface area contributed by atoms with Crippen LogP contribution in [-0.2, 0) is 16.1 Å². The van der Waals surface area contributed by atoms with Gasteiger partial charge < -0.3 is 25.4 Å². The average Bonchev–Trinajstić information content (AvgIpc) is 2.70. The molecule has 0 aliphatic carbocycles.